The lowest BCUT2D eigenvalue weighted by molar-refractivity contribution is -0.167. The van der Waals surface area contributed by atoms with Crippen LogP contribution in [0.5, 0.6) is 0 Å². The molecule has 0 heterocycles. The van der Waals surface area contributed by atoms with Gasteiger partial charge in [-0.15, -0.1) is 0 Å². The maximum Gasteiger partial charge on any atom is 0.306 e. The summed E-state index contributed by atoms with van der Waals surface area (Å²) in [5, 5.41) is 0. The summed E-state index contributed by atoms with van der Waals surface area (Å²) in [7, 11) is 0. The molecule has 0 saturated heterocycles. The molecule has 0 spiro atoms. The number of hydrogen-bond donors (Lipinski definition) is 0. The molecule has 6 nitrogen and oxygen atoms in total. The zero-order chi connectivity index (χ0) is 55.7. The topological polar surface area (TPSA) is 78.9 Å². The van der Waals surface area contributed by atoms with Crippen LogP contribution in [0.15, 0.2) is 60.8 Å². The average Bonchev–Trinajstić information content (AvgIpc) is 3.43. The molecule has 0 aliphatic heterocycles. The highest BCUT2D eigenvalue weighted by Gasteiger charge is 2.19. The highest BCUT2D eigenvalue weighted by atomic mass is 16.6. The number of unbranched alkanes of at least 4 members (excludes halogenated alkanes) is 41. The van der Waals surface area contributed by atoms with Crippen molar-refractivity contribution < 1.29 is 28.6 Å². The summed E-state index contributed by atoms with van der Waals surface area (Å²) < 4.78 is 17.0. The van der Waals surface area contributed by atoms with Crippen molar-refractivity contribution in [2.75, 3.05) is 13.2 Å². The van der Waals surface area contributed by atoms with Crippen molar-refractivity contribution in [3.63, 3.8) is 0 Å². The number of rotatable bonds is 62. The standard InChI is InChI=1S/C71H128O6/c1-4-7-10-13-16-19-22-25-28-31-33-34-35-36-37-38-39-41-43-46-49-52-55-58-61-64-70(73)76-67-68(66-75-69(72)63-60-57-54-51-48-45-42-30-27-24-21-18-15-12-9-6-3)77-71(74)65-62-59-56-53-50-47-44-40-32-29-26-23-20-17-14-11-8-5-2/h20,22-23,25,29-33,42,68H,4-19,21,24,26-28,34-41,43-67H2,1-3H3/b23-20-,25-22-,32-29-,33-31-,42-30-. The van der Waals surface area contributed by atoms with Gasteiger partial charge in [0.1, 0.15) is 13.2 Å². The van der Waals surface area contributed by atoms with E-state index in [1.54, 1.807) is 0 Å². The number of esters is 3. The molecule has 0 N–H and O–H groups in total. The third kappa shape index (κ3) is 63.8. The highest BCUT2D eigenvalue weighted by molar-refractivity contribution is 5.71. The van der Waals surface area contributed by atoms with Crippen molar-refractivity contribution >= 4 is 17.9 Å². The van der Waals surface area contributed by atoms with Gasteiger partial charge in [0.05, 0.1) is 0 Å². The van der Waals surface area contributed by atoms with Gasteiger partial charge in [-0.05, 0) is 109 Å². The van der Waals surface area contributed by atoms with E-state index >= 15 is 0 Å². The van der Waals surface area contributed by atoms with Crippen LogP contribution in [0.4, 0.5) is 0 Å². The first-order chi connectivity index (χ1) is 38.0. The molecular weight excluding hydrogens is 949 g/mol. The zero-order valence-electron chi connectivity index (χ0n) is 51.5. The van der Waals surface area contributed by atoms with Crippen LogP contribution in [0.1, 0.15) is 355 Å². The van der Waals surface area contributed by atoms with Gasteiger partial charge in [-0.1, -0.05) is 287 Å². The van der Waals surface area contributed by atoms with E-state index in [1.165, 1.54) is 231 Å². The summed E-state index contributed by atoms with van der Waals surface area (Å²) in [4.78, 5) is 38.4. The number of allylic oxidation sites excluding steroid dienone is 10. The zero-order valence-corrected chi connectivity index (χ0v) is 51.5. The number of carbonyl (C=O) groups excluding carboxylic acids is 3. The first kappa shape index (κ1) is 74.1. The van der Waals surface area contributed by atoms with Crippen molar-refractivity contribution in [2.24, 2.45) is 0 Å². The van der Waals surface area contributed by atoms with Gasteiger partial charge in [0.25, 0.3) is 0 Å². The van der Waals surface area contributed by atoms with E-state index < -0.39 is 6.10 Å². The molecule has 0 saturated carbocycles. The summed E-state index contributed by atoms with van der Waals surface area (Å²) in [6, 6.07) is 0. The molecule has 0 radical (unpaired) electrons. The van der Waals surface area contributed by atoms with Crippen LogP contribution in [0.2, 0.25) is 0 Å². The second-order valence-electron chi connectivity index (χ2n) is 22.7. The maximum absolute atomic E-state index is 12.9. The first-order valence-electron chi connectivity index (χ1n) is 33.8. The van der Waals surface area contributed by atoms with E-state index in [9.17, 15) is 14.4 Å². The highest BCUT2D eigenvalue weighted by Crippen LogP contribution is 2.17. The predicted molar refractivity (Wildman–Crippen MR) is 335 cm³/mol. The largest absolute Gasteiger partial charge is 0.462 e. The van der Waals surface area contributed by atoms with Gasteiger partial charge in [0.2, 0.25) is 0 Å². The number of hydrogen-bond acceptors (Lipinski definition) is 6. The summed E-state index contributed by atoms with van der Waals surface area (Å²) in [5.41, 5.74) is 0. The van der Waals surface area contributed by atoms with E-state index in [1.807, 2.05) is 0 Å². The Morgan fingerprint density at radius 3 is 0.740 bits per heavy atom. The Labute approximate surface area is 479 Å². The minimum Gasteiger partial charge on any atom is -0.462 e. The van der Waals surface area contributed by atoms with Gasteiger partial charge in [0.15, 0.2) is 6.10 Å². The molecule has 1 unspecified atom stereocenters. The molecule has 0 aromatic carbocycles. The second-order valence-corrected chi connectivity index (χ2v) is 22.7. The summed E-state index contributed by atoms with van der Waals surface area (Å²) in [6.07, 6.45) is 83.7. The molecule has 0 amide bonds. The van der Waals surface area contributed by atoms with Gasteiger partial charge >= 0.3 is 17.9 Å². The fraction of sp³-hybridized carbons (Fsp3) is 0.817. The smallest absolute Gasteiger partial charge is 0.306 e. The molecule has 0 bridgehead atoms. The normalized spacial score (nSPS) is 12.4. The minimum atomic E-state index is -0.783. The molecule has 0 aromatic heterocycles. The van der Waals surface area contributed by atoms with Gasteiger partial charge in [-0.3, -0.25) is 14.4 Å². The molecule has 1 atom stereocenters. The molecule has 448 valence electrons. The Morgan fingerprint density at radius 1 is 0.260 bits per heavy atom. The van der Waals surface area contributed by atoms with E-state index in [2.05, 4.69) is 81.5 Å². The average molecular weight is 1080 g/mol. The van der Waals surface area contributed by atoms with Crippen molar-refractivity contribution in [1.29, 1.82) is 0 Å². The minimum absolute atomic E-state index is 0.0782. The van der Waals surface area contributed by atoms with Crippen molar-refractivity contribution in [2.45, 2.75) is 361 Å². The lowest BCUT2D eigenvalue weighted by Gasteiger charge is -2.18. The summed E-state index contributed by atoms with van der Waals surface area (Å²) >= 11 is 0. The van der Waals surface area contributed by atoms with E-state index in [4.69, 9.17) is 14.2 Å². The van der Waals surface area contributed by atoms with Gasteiger partial charge in [-0.2, -0.15) is 0 Å². The first-order valence-corrected chi connectivity index (χ1v) is 33.8. The number of ether oxygens (including phenoxy) is 3. The second kappa shape index (κ2) is 65.6. The molecular formula is C71H128O6. The van der Waals surface area contributed by atoms with Gasteiger partial charge < -0.3 is 14.2 Å². The van der Waals surface area contributed by atoms with Crippen LogP contribution in [-0.2, 0) is 28.6 Å². The van der Waals surface area contributed by atoms with Crippen LogP contribution < -0.4 is 0 Å². The van der Waals surface area contributed by atoms with E-state index in [0.29, 0.717) is 19.3 Å². The fourth-order valence-corrected chi connectivity index (χ4v) is 9.85. The maximum atomic E-state index is 12.9. The Kier molecular flexibility index (Phi) is 63.2. The Hall–Kier alpha value is -2.89. The predicted octanol–water partition coefficient (Wildman–Crippen LogP) is 23.1. The van der Waals surface area contributed by atoms with E-state index in [0.717, 1.165) is 83.5 Å². The molecule has 0 rings (SSSR count). The van der Waals surface area contributed by atoms with Crippen LogP contribution in [0, 0.1) is 0 Å². The third-order valence-electron chi connectivity index (χ3n) is 15.0. The lowest BCUT2D eigenvalue weighted by atomic mass is 10.0. The Balaban J connectivity index is 4.32. The molecule has 77 heavy (non-hydrogen) atoms. The van der Waals surface area contributed by atoms with Gasteiger partial charge in [-0.25, -0.2) is 0 Å². The molecule has 0 fully saturated rings. The third-order valence-corrected chi connectivity index (χ3v) is 15.0. The van der Waals surface area contributed by atoms with Crippen molar-refractivity contribution in [1.82, 2.24) is 0 Å². The van der Waals surface area contributed by atoms with Crippen molar-refractivity contribution in [3.8, 4) is 0 Å². The van der Waals surface area contributed by atoms with Crippen LogP contribution in [0.25, 0.3) is 0 Å². The lowest BCUT2D eigenvalue weighted by Crippen LogP contribution is -2.30. The van der Waals surface area contributed by atoms with E-state index in [-0.39, 0.29) is 31.1 Å². The summed E-state index contributed by atoms with van der Waals surface area (Å²) in [5.74, 6) is -0.876. The quantitative estimate of drug-likeness (QED) is 0.0261. The Morgan fingerprint density at radius 2 is 0.468 bits per heavy atom. The van der Waals surface area contributed by atoms with Crippen LogP contribution >= 0.6 is 0 Å². The van der Waals surface area contributed by atoms with Crippen LogP contribution in [-0.4, -0.2) is 37.2 Å². The summed E-state index contributed by atoms with van der Waals surface area (Å²) in [6.45, 7) is 6.65. The Bertz CT molecular complexity index is 1380. The van der Waals surface area contributed by atoms with Crippen molar-refractivity contribution in [3.05, 3.63) is 60.8 Å². The monoisotopic (exact) mass is 1080 g/mol. The molecule has 0 aromatic rings. The molecule has 6 heteroatoms. The molecule has 0 aliphatic carbocycles. The van der Waals surface area contributed by atoms with Crippen LogP contribution in [0.3, 0.4) is 0 Å². The van der Waals surface area contributed by atoms with Gasteiger partial charge in [0, 0.05) is 19.3 Å². The fourth-order valence-electron chi connectivity index (χ4n) is 9.85. The molecule has 0 aliphatic rings. The SMILES string of the molecule is CCCCCC/C=C\C/C=C\CCCCCCCCCC(=O)OC(COC(=O)CCCCCCC/C=C\CCCCCCCCC)COC(=O)CCCCCCCCCCCCCCC/C=C\C/C=C\CCCCCCC. The number of carbonyl (C=O) groups is 3.